The number of aryl methyl sites for hydroxylation is 1. The third kappa shape index (κ3) is 6.37. The maximum Gasteiger partial charge on any atom is 0.321 e. The third-order valence-electron chi connectivity index (χ3n) is 3.06. The zero-order valence-electron chi connectivity index (χ0n) is 12.7. The number of carbonyl (C=O) groups is 2. The van der Waals surface area contributed by atoms with Gasteiger partial charge in [-0.2, -0.15) is 0 Å². The summed E-state index contributed by atoms with van der Waals surface area (Å²) in [4.78, 5) is 25.1. The highest BCUT2D eigenvalue weighted by atomic mass is 16.4. The lowest BCUT2D eigenvalue weighted by Crippen LogP contribution is -2.42. The van der Waals surface area contributed by atoms with Crippen molar-refractivity contribution in [1.29, 1.82) is 0 Å². The van der Waals surface area contributed by atoms with E-state index in [9.17, 15) is 9.59 Å². The van der Waals surface area contributed by atoms with Crippen molar-refractivity contribution < 1.29 is 14.7 Å². The lowest BCUT2D eigenvalue weighted by molar-refractivity contribution is -0.141. The van der Waals surface area contributed by atoms with Gasteiger partial charge in [-0.25, -0.2) is 0 Å². The van der Waals surface area contributed by atoms with Crippen molar-refractivity contribution in [3.05, 3.63) is 29.8 Å². The fraction of sp³-hybridized carbons (Fsp3) is 0.467. The topological polar surface area (TPSA) is 81.7 Å². The lowest BCUT2D eigenvalue weighted by Gasteiger charge is -2.16. The summed E-state index contributed by atoms with van der Waals surface area (Å²) in [5, 5.41) is 14.8. The standard InChI is InChI=1S/C15H23N3O3/c1-11-6-4-5-7-12(11)17-14(19)10-13(15(20)21)16-8-9-18(2)3/h4-7,13,16H,8-10H2,1-3H3,(H,17,19)(H,20,21)/t13-/m1/s1. The van der Waals surface area contributed by atoms with Crippen LogP contribution in [0.1, 0.15) is 12.0 Å². The number of carboxylic acid groups (broad SMARTS) is 1. The van der Waals surface area contributed by atoms with E-state index in [1.807, 2.05) is 44.1 Å². The minimum Gasteiger partial charge on any atom is -0.480 e. The third-order valence-corrected chi connectivity index (χ3v) is 3.06. The summed E-state index contributed by atoms with van der Waals surface area (Å²) in [6.45, 7) is 3.12. The Hall–Kier alpha value is -1.92. The number of nitrogens with one attached hydrogen (secondary N) is 2. The van der Waals surface area contributed by atoms with Gasteiger partial charge in [-0.1, -0.05) is 18.2 Å². The van der Waals surface area contributed by atoms with E-state index >= 15 is 0 Å². The van der Waals surface area contributed by atoms with E-state index in [1.54, 1.807) is 6.07 Å². The van der Waals surface area contributed by atoms with Crippen LogP contribution in [0.15, 0.2) is 24.3 Å². The summed E-state index contributed by atoms with van der Waals surface area (Å²) >= 11 is 0. The number of amides is 1. The summed E-state index contributed by atoms with van der Waals surface area (Å²) in [5.41, 5.74) is 1.65. The highest BCUT2D eigenvalue weighted by Gasteiger charge is 2.20. The molecule has 0 aromatic heterocycles. The molecule has 0 unspecified atom stereocenters. The van der Waals surface area contributed by atoms with Crippen LogP contribution >= 0.6 is 0 Å². The van der Waals surface area contributed by atoms with E-state index in [1.165, 1.54) is 0 Å². The minimum atomic E-state index is -1.02. The van der Waals surface area contributed by atoms with Gasteiger partial charge in [0, 0.05) is 18.8 Å². The van der Waals surface area contributed by atoms with Crippen molar-refractivity contribution in [2.75, 3.05) is 32.5 Å². The first-order valence-electron chi connectivity index (χ1n) is 6.86. The van der Waals surface area contributed by atoms with Gasteiger partial charge in [-0.05, 0) is 32.6 Å². The molecule has 6 heteroatoms. The minimum absolute atomic E-state index is 0.100. The average molecular weight is 293 g/mol. The molecule has 1 aromatic rings. The molecule has 0 aliphatic heterocycles. The molecule has 116 valence electrons. The molecule has 0 bridgehead atoms. The lowest BCUT2D eigenvalue weighted by atomic mass is 10.1. The van der Waals surface area contributed by atoms with E-state index in [0.29, 0.717) is 18.8 Å². The zero-order chi connectivity index (χ0) is 15.8. The second-order valence-corrected chi connectivity index (χ2v) is 5.22. The fourth-order valence-corrected chi connectivity index (χ4v) is 1.81. The number of rotatable bonds is 8. The smallest absolute Gasteiger partial charge is 0.321 e. The average Bonchev–Trinajstić information content (AvgIpc) is 2.39. The van der Waals surface area contributed by atoms with E-state index < -0.39 is 12.0 Å². The highest BCUT2D eigenvalue weighted by Crippen LogP contribution is 2.13. The molecule has 0 radical (unpaired) electrons. The van der Waals surface area contributed by atoms with Crippen molar-refractivity contribution in [3.63, 3.8) is 0 Å². The van der Waals surface area contributed by atoms with Gasteiger partial charge in [0.25, 0.3) is 0 Å². The normalized spacial score (nSPS) is 12.2. The maximum absolute atomic E-state index is 12.0. The Kier molecular flexibility index (Phi) is 6.84. The summed E-state index contributed by atoms with van der Waals surface area (Å²) in [6, 6.07) is 6.51. The SMILES string of the molecule is Cc1ccccc1NC(=O)C[C@@H](NCCN(C)C)C(=O)O. The Morgan fingerprint density at radius 3 is 2.52 bits per heavy atom. The van der Waals surface area contributed by atoms with E-state index in [4.69, 9.17) is 5.11 Å². The monoisotopic (exact) mass is 293 g/mol. The number of para-hydroxylation sites is 1. The largest absolute Gasteiger partial charge is 0.480 e. The molecule has 0 saturated carbocycles. The van der Waals surface area contributed by atoms with Crippen LogP contribution in [0.4, 0.5) is 5.69 Å². The molecule has 1 amide bonds. The molecule has 0 spiro atoms. The van der Waals surface area contributed by atoms with Crippen molar-refractivity contribution in [2.45, 2.75) is 19.4 Å². The number of aliphatic carboxylic acids is 1. The Bertz CT molecular complexity index is 489. The predicted molar refractivity (Wildman–Crippen MR) is 82.4 cm³/mol. The molecule has 0 fully saturated rings. The highest BCUT2D eigenvalue weighted by molar-refractivity contribution is 5.94. The van der Waals surface area contributed by atoms with Crippen LogP contribution in [0.5, 0.6) is 0 Å². The van der Waals surface area contributed by atoms with E-state index in [2.05, 4.69) is 10.6 Å². The number of carbonyl (C=O) groups excluding carboxylic acids is 1. The van der Waals surface area contributed by atoms with Gasteiger partial charge < -0.3 is 20.6 Å². The fourth-order valence-electron chi connectivity index (χ4n) is 1.81. The number of likely N-dealkylation sites (N-methyl/N-ethyl adjacent to an activating group) is 1. The van der Waals surface area contributed by atoms with Crippen molar-refractivity contribution in [3.8, 4) is 0 Å². The number of benzene rings is 1. The summed E-state index contributed by atoms with van der Waals surface area (Å²) in [5.74, 6) is -1.33. The maximum atomic E-state index is 12.0. The molecule has 1 atom stereocenters. The van der Waals surface area contributed by atoms with Crippen molar-refractivity contribution in [1.82, 2.24) is 10.2 Å². The van der Waals surface area contributed by atoms with Crippen LogP contribution in [0.3, 0.4) is 0 Å². The van der Waals surface area contributed by atoms with Crippen LogP contribution in [-0.2, 0) is 9.59 Å². The number of anilines is 1. The molecule has 21 heavy (non-hydrogen) atoms. The van der Waals surface area contributed by atoms with E-state index in [0.717, 1.165) is 5.56 Å². The van der Waals surface area contributed by atoms with Crippen LogP contribution in [0, 0.1) is 6.92 Å². The van der Waals surface area contributed by atoms with Gasteiger partial charge in [0.1, 0.15) is 6.04 Å². The molecule has 0 saturated heterocycles. The summed E-state index contributed by atoms with van der Waals surface area (Å²) in [6.07, 6.45) is -0.100. The molecule has 1 rings (SSSR count). The van der Waals surface area contributed by atoms with Crippen molar-refractivity contribution in [2.24, 2.45) is 0 Å². The molecule has 0 heterocycles. The summed E-state index contributed by atoms with van der Waals surface area (Å²) < 4.78 is 0. The molecular weight excluding hydrogens is 270 g/mol. The molecule has 6 nitrogen and oxygen atoms in total. The van der Waals surface area contributed by atoms with Gasteiger partial charge in [-0.3, -0.25) is 9.59 Å². The summed E-state index contributed by atoms with van der Waals surface area (Å²) in [7, 11) is 3.81. The Morgan fingerprint density at radius 1 is 1.29 bits per heavy atom. The number of nitrogens with zero attached hydrogens (tertiary/aromatic N) is 1. The van der Waals surface area contributed by atoms with Crippen LogP contribution in [-0.4, -0.2) is 55.1 Å². The zero-order valence-corrected chi connectivity index (χ0v) is 12.7. The Balaban J connectivity index is 2.53. The number of hydrogen-bond acceptors (Lipinski definition) is 4. The van der Waals surface area contributed by atoms with Gasteiger partial charge in [0.2, 0.25) is 5.91 Å². The van der Waals surface area contributed by atoms with Crippen LogP contribution in [0.2, 0.25) is 0 Å². The molecule has 0 aliphatic carbocycles. The number of carboxylic acids is 1. The molecular formula is C15H23N3O3. The van der Waals surface area contributed by atoms with Crippen LogP contribution in [0.25, 0.3) is 0 Å². The first kappa shape index (κ1) is 17.1. The van der Waals surface area contributed by atoms with Gasteiger partial charge in [0.15, 0.2) is 0 Å². The Morgan fingerprint density at radius 2 is 1.95 bits per heavy atom. The molecule has 3 N–H and O–H groups in total. The number of hydrogen-bond donors (Lipinski definition) is 3. The van der Waals surface area contributed by atoms with Crippen molar-refractivity contribution >= 4 is 17.6 Å². The van der Waals surface area contributed by atoms with Gasteiger partial charge in [-0.15, -0.1) is 0 Å². The molecule has 0 aliphatic rings. The first-order valence-corrected chi connectivity index (χ1v) is 6.86. The van der Waals surface area contributed by atoms with Crippen LogP contribution < -0.4 is 10.6 Å². The second kappa shape index (κ2) is 8.39. The van der Waals surface area contributed by atoms with Gasteiger partial charge in [0.05, 0.1) is 6.42 Å². The Labute approximate surface area is 125 Å². The first-order chi connectivity index (χ1) is 9.90. The second-order valence-electron chi connectivity index (χ2n) is 5.22. The predicted octanol–water partition coefficient (Wildman–Crippen LogP) is 0.928. The van der Waals surface area contributed by atoms with Gasteiger partial charge >= 0.3 is 5.97 Å². The van der Waals surface area contributed by atoms with E-state index in [-0.39, 0.29) is 12.3 Å². The molecule has 1 aromatic carbocycles. The quantitative estimate of drug-likeness (QED) is 0.664.